The highest BCUT2D eigenvalue weighted by Gasteiger charge is 2.61. The van der Waals surface area contributed by atoms with Crippen LogP contribution in [0.5, 0.6) is 0 Å². The van der Waals surface area contributed by atoms with Crippen molar-refractivity contribution in [1.82, 2.24) is 5.32 Å². The summed E-state index contributed by atoms with van der Waals surface area (Å²) in [5, 5.41) is 3.23. The van der Waals surface area contributed by atoms with Crippen molar-refractivity contribution in [1.29, 1.82) is 0 Å². The summed E-state index contributed by atoms with van der Waals surface area (Å²) in [5.74, 6) is 0.667. The Kier molecular flexibility index (Phi) is 2.98. The van der Waals surface area contributed by atoms with Gasteiger partial charge in [0.15, 0.2) is 0 Å². The summed E-state index contributed by atoms with van der Waals surface area (Å²) in [5.41, 5.74) is 13.5. The molecule has 2 bridgehead atoms. The fraction of sp³-hybridized carbons (Fsp3) is 0.588. The van der Waals surface area contributed by atoms with E-state index in [-0.39, 0.29) is 17.4 Å². The number of anilines is 2. The zero-order valence-electron chi connectivity index (χ0n) is 13.1. The summed E-state index contributed by atoms with van der Waals surface area (Å²) in [7, 11) is 0. The van der Waals surface area contributed by atoms with Crippen LogP contribution in [0.2, 0.25) is 0 Å². The van der Waals surface area contributed by atoms with Crippen molar-refractivity contribution < 1.29 is 4.79 Å². The predicted molar refractivity (Wildman–Crippen MR) is 85.8 cm³/mol. The van der Waals surface area contributed by atoms with Gasteiger partial charge in [-0.25, -0.2) is 0 Å². The molecule has 3 rings (SSSR count). The van der Waals surface area contributed by atoms with E-state index in [0.29, 0.717) is 28.3 Å². The van der Waals surface area contributed by atoms with Crippen molar-refractivity contribution in [2.45, 2.75) is 46.1 Å². The molecule has 0 radical (unpaired) electrons. The van der Waals surface area contributed by atoms with Gasteiger partial charge >= 0.3 is 0 Å². The molecule has 0 spiro atoms. The van der Waals surface area contributed by atoms with E-state index in [9.17, 15) is 4.79 Å². The number of rotatable bonds is 2. The van der Waals surface area contributed by atoms with Crippen LogP contribution in [0.4, 0.5) is 11.4 Å². The molecular formula is C17H25N3O. The number of nitrogens with two attached hydrogens (primary N) is 2. The fourth-order valence-electron chi connectivity index (χ4n) is 4.38. The second-order valence-corrected chi connectivity index (χ2v) is 7.48. The Morgan fingerprint density at radius 3 is 2.48 bits per heavy atom. The number of fused-ring (bicyclic) bond motifs is 2. The Labute approximate surface area is 126 Å². The van der Waals surface area contributed by atoms with E-state index in [2.05, 4.69) is 26.1 Å². The number of hydrogen-bond acceptors (Lipinski definition) is 3. The highest BCUT2D eigenvalue weighted by molar-refractivity contribution is 5.96. The van der Waals surface area contributed by atoms with Crippen LogP contribution in [-0.2, 0) is 0 Å². The first-order valence-electron chi connectivity index (χ1n) is 7.71. The highest BCUT2D eigenvalue weighted by atomic mass is 16.1. The average molecular weight is 287 g/mol. The Balaban J connectivity index is 1.79. The summed E-state index contributed by atoms with van der Waals surface area (Å²) in [4.78, 5) is 12.5. The lowest BCUT2D eigenvalue weighted by molar-refractivity contribution is 0.0826. The van der Waals surface area contributed by atoms with Gasteiger partial charge in [0, 0.05) is 11.6 Å². The van der Waals surface area contributed by atoms with Crippen LogP contribution in [0.1, 0.15) is 50.4 Å². The molecule has 1 amide bonds. The van der Waals surface area contributed by atoms with Gasteiger partial charge in [0.25, 0.3) is 5.91 Å². The van der Waals surface area contributed by atoms with Gasteiger partial charge < -0.3 is 16.8 Å². The Morgan fingerprint density at radius 1 is 1.24 bits per heavy atom. The molecule has 0 aromatic heterocycles. The van der Waals surface area contributed by atoms with Gasteiger partial charge in [-0.1, -0.05) is 20.8 Å². The maximum atomic E-state index is 12.5. The van der Waals surface area contributed by atoms with Crippen molar-refractivity contribution in [2.24, 2.45) is 16.7 Å². The van der Waals surface area contributed by atoms with Gasteiger partial charge in [0.2, 0.25) is 0 Å². The number of carbonyl (C=O) groups excluding carboxylic acids is 1. The zero-order chi connectivity index (χ0) is 15.4. The fourth-order valence-corrected chi connectivity index (χ4v) is 4.38. The largest absolute Gasteiger partial charge is 0.397 e. The second kappa shape index (κ2) is 4.39. The number of nitrogen functional groups attached to an aromatic ring is 2. The molecule has 4 heteroatoms. The van der Waals surface area contributed by atoms with Gasteiger partial charge in [0.1, 0.15) is 0 Å². The number of carbonyl (C=O) groups is 1. The third kappa shape index (κ3) is 1.92. The maximum Gasteiger partial charge on any atom is 0.251 e. The second-order valence-electron chi connectivity index (χ2n) is 7.48. The summed E-state index contributed by atoms with van der Waals surface area (Å²) in [6.45, 7) is 7.01. The van der Waals surface area contributed by atoms with E-state index in [4.69, 9.17) is 11.5 Å². The topological polar surface area (TPSA) is 81.1 Å². The Hall–Kier alpha value is -1.71. The zero-order valence-corrected chi connectivity index (χ0v) is 13.1. The van der Waals surface area contributed by atoms with Gasteiger partial charge in [-0.15, -0.1) is 0 Å². The molecule has 1 aromatic rings. The van der Waals surface area contributed by atoms with E-state index in [1.54, 1.807) is 18.2 Å². The van der Waals surface area contributed by atoms with Gasteiger partial charge in [-0.2, -0.15) is 0 Å². The molecule has 0 saturated heterocycles. The lowest BCUT2D eigenvalue weighted by Gasteiger charge is -2.39. The molecular weight excluding hydrogens is 262 g/mol. The SMILES string of the molecule is CC1(C)C2CCC1(C)C(NC(=O)c1ccc(N)c(N)c1)C2. The van der Waals surface area contributed by atoms with E-state index in [1.165, 1.54) is 12.8 Å². The molecule has 3 unspecified atom stereocenters. The molecule has 2 aliphatic rings. The highest BCUT2D eigenvalue weighted by Crippen LogP contribution is 2.65. The third-order valence-corrected chi connectivity index (χ3v) is 6.45. The van der Waals surface area contributed by atoms with Crippen molar-refractivity contribution in [3.8, 4) is 0 Å². The van der Waals surface area contributed by atoms with Gasteiger partial charge in [-0.3, -0.25) is 4.79 Å². The molecule has 3 atom stereocenters. The van der Waals surface area contributed by atoms with Crippen molar-refractivity contribution in [2.75, 3.05) is 11.5 Å². The first-order chi connectivity index (χ1) is 9.75. The Morgan fingerprint density at radius 2 is 1.95 bits per heavy atom. The first kappa shape index (κ1) is 14.2. The van der Waals surface area contributed by atoms with E-state index < -0.39 is 0 Å². The van der Waals surface area contributed by atoms with Crippen LogP contribution in [0.25, 0.3) is 0 Å². The smallest absolute Gasteiger partial charge is 0.251 e. The van der Waals surface area contributed by atoms with Gasteiger partial charge in [0.05, 0.1) is 11.4 Å². The molecule has 2 fully saturated rings. The van der Waals surface area contributed by atoms with Crippen LogP contribution in [0, 0.1) is 16.7 Å². The number of hydrogen-bond donors (Lipinski definition) is 3. The number of nitrogens with one attached hydrogen (secondary N) is 1. The van der Waals surface area contributed by atoms with Crippen LogP contribution in [0.3, 0.4) is 0 Å². The summed E-state index contributed by atoms with van der Waals surface area (Å²) in [6, 6.07) is 5.33. The van der Waals surface area contributed by atoms with Gasteiger partial charge in [-0.05, 0) is 54.2 Å². The third-order valence-electron chi connectivity index (χ3n) is 6.45. The lowest BCUT2D eigenvalue weighted by Crippen LogP contribution is -2.46. The monoisotopic (exact) mass is 287 g/mol. The number of amides is 1. The molecule has 4 nitrogen and oxygen atoms in total. The van der Waals surface area contributed by atoms with Crippen LogP contribution in [0.15, 0.2) is 18.2 Å². The molecule has 2 saturated carbocycles. The minimum absolute atomic E-state index is 0.0451. The quantitative estimate of drug-likeness (QED) is 0.732. The van der Waals surface area contributed by atoms with Crippen molar-refractivity contribution in [3.63, 3.8) is 0 Å². The van der Waals surface area contributed by atoms with E-state index in [0.717, 1.165) is 6.42 Å². The normalized spacial score (nSPS) is 33.1. The van der Waals surface area contributed by atoms with Crippen LogP contribution < -0.4 is 16.8 Å². The minimum Gasteiger partial charge on any atom is -0.397 e. The Bertz CT molecular complexity index is 596. The number of benzene rings is 1. The molecule has 0 heterocycles. The van der Waals surface area contributed by atoms with Crippen LogP contribution in [-0.4, -0.2) is 11.9 Å². The average Bonchev–Trinajstić information content (AvgIpc) is 2.75. The molecule has 0 aliphatic heterocycles. The molecule has 21 heavy (non-hydrogen) atoms. The minimum atomic E-state index is -0.0451. The summed E-state index contributed by atoms with van der Waals surface area (Å²) in [6.07, 6.45) is 3.56. The summed E-state index contributed by atoms with van der Waals surface area (Å²) >= 11 is 0. The molecule has 2 aliphatic carbocycles. The summed E-state index contributed by atoms with van der Waals surface area (Å²) < 4.78 is 0. The van der Waals surface area contributed by atoms with Crippen LogP contribution >= 0.6 is 0 Å². The van der Waals surface area contributed by atoms with E-state index in [1.807, 2.05) is 0 Å². The van der Waals surface area contributed by atoms with Crippen molar-refractivity contribution in [3.05, 3.63) is 23.8 Å². The standard InChI is InChI=1S/C17H25N3O/c1-16(2)11-6-7-17(16,3)14(9-11)20-15(21)10-4-5-12(18)13(19)8-10/h4-5,8,11,14H,6-7,9,18-19H2,1-3H3,(H,20,21). The molecule has 114 valence electrons. The maximum absolute atomic E-state index is 12.5. The van der Waals surface area contributed by atoms with Crippen molar-refractivity contribution >= 4 is 17.3 Å². The lowest BCUT2D eigenvalue weighted by atomic mass is 9.69. The van der Waals surface area contributed by atoms with E-state index >= 15 is 0 Å². The first-order valence-corrected chi connectivity index (χ1v) is 7.71. The molecule has 1 aromatic carbocycles. The predicted octanol–water partition coefficient (Wildman–Crippen LogP) is 2.80. The molecule has 5 N–H and O–H groups in total.